The zero-order valence-electron chi connectivity index (χ0n) is 9.73. The molecule has 0 saturated carbocycles. The van der Waals surface area contributed by atoms with Gasteiger partial charge in [0.1, 0.15) is 0 Å². The van der Waals surface area contributed by atoms with Crippen molar-refractivity contribution >= 4 is 59.4 Å². The van der Waals surface area contributed by atoms with Crippen molar-refractivity contribution in [2.24, 2.45) is 0 Å². The van der Waals surface area contributed by atoms with Crippen LogP contribution in [0.15, 0.2) is 25.6 Å². The maximum absolute atomic E-state index is 11.5. The third-order valence-electron chi connectivity index (χ3n) is 2.06. The maximum Gasteiger partial charge on any atom is 0.239 e. The van der Waals surface area contributed by atoms with Crippen molar-refractivity contribution in [3.8, 4) is 0 Å². The normalized spacial score (nSPS) is 10.2. The first-order chi connectivity index (χ1) is 8.54. The van der Waals surface area contributed by atoms with Gasteiger partial charge in [0, 0.05) is 27.1 Å². The van der Waals surface area contributed by atoms with Crippen LogP contribution in [-0.2, 0) is 9.53 Å². The van der Waals surface area contributed by atoms with Crippen LogP contribution in [0.5, 0.6) is 0 Å². The van der Waals surface area contributed by atoms with E-state index in [9.17, 15) is 4.79 Å². The van der Waals surface area contributed by atoms with Crippen LogP contribution in [0, 0.1) is 0 Å². The highest BCUT2D eigenvalue weighted by molar-refractivity contribution is 9.11. The Morgan fingerprint density at radius 1 is 1.28 bits per heavy atom. The lowest BCUT2D eigenvalue weighted by Gasteiger charge is -2.11. The van der Waals surface area contributed by atoms with Crippen LogP contribution in [0.25, 0.3) is 0 Å². The van der Waals surface area contributed by atoms with E-state index in [2.05, 4.69) is 58.4 Å². The number of benzene rings is 1. The minimum Gasteiger partial charge on any atom is -0.383 e. The summed E-state index contributed by atoms with van der Waals surface area (Å²) in [5, 5.41) is 5.81. The summed E-state index contributed by atoms with van der Waals surface area (Å²) in [6.45, 7) is 1.24. The number of ether oxygens (including phenoxy) is 1. The molecule has 1 amide bonds. The number of carbonyl (C=O) groups excluding carboxylic acids is 1. The zero-order valence-corrected chi connectivity index (χ0v) is 14.5. The highest BCUT2D eigenvalue weighted by atomic mass is 79.9. The van der Waals surface area contributed by atoms with Gasteiger partial charge in [-0.15, -0.1) is 0 Å². The van der Waals surface area contributed by atoms with Gasteiger partial charge >= 0.3 is 0 Å². The van der Waals surface area contributed by atoms with Crippen LogP contribution in [0.2, 0.25) is 0 Å². The second kappa shape index (κ2) is 8.14. The van der Waals surface area contributed by atoms with E-state index < -0.39 is 0 Å². The van der Waals surface area contributed by atoms with E-state index in [1.165, 1.54) is 0 Å². The molecular weight excluding hydrogens is 432 g/mol. The lowest BCUT2D eigenvalue weighted by Crippen LogP contribution is -2.32. The quantitative estimate of drug-likeness (QED) is 0.663. The fraction of sp³-hybridized carbons (Fsp3) is 0.364. The molecule has 2 N–H and O–H groups in total. The van der Waals surface area contributed by atoms with Gasteiger partial charge in [0.15, 0.2) is 0 Å². The van der Waals surface area contributed by atoms with E-state index >= 15 is 0 Å². The molecule has 1 rings (SSSR count). The molecular formula is C11H13Br3N2O2. The number of nitrogens with one attached hydrogen (secondary N) is 2. The molecule has 0 unspecified atom stereocenters. The summed E-state index contributed by atoms with van der Waals surface area (Å²) >= 11 is 10.3. The predicted octanol–water partition coefficient (Wildman–Crippen LogP) is 3.15. The number of rotatable bonds is 6. The largest absolute Gasteiger partial charge is 0.383 e. The Kier molecular flexibility index (Phi) is 7.21. The average Bonchev–Trinajstić information content (AvgIpc) is 2.27. The summed E-state index contributed by atoms with van der Waals surface area (Å²) in [7, 11) is 1.60. The lowest BCUT2D eigenvalue weighted by molar-refractivity contribution is -0.119. The van der Waals surface area contributed by atoms with Crippen molar-refractivity contribution in [3.05, 3.63) is 25.6 Å². The molecule has 0 saturated heterocycles. The summed E-state index contributed by atoms with van der Waals surface area (Å²) in [5.74, 6) is -0.0752. The minimum absolute atomic E-state index is 0.0752. The van der Waals surface area contributed by atoms with Crippen LogP contribution >= 0.6 is 47.8 Å². The van der Waals surface area contributed by atoms with Gasteiger partial charge in [0.2, 0.25) is 5.91 Å². The first-order valence-corrected chi connectivity index (χ1v) is 7.56. The molecule has 18 heavy (non-hydrogen) atoms. The zero-order chi connectivity index (χ0) is 13.5. The second-order valence-corrected chi connectivity index (χ2v) is 6.07. The molecule has 0 atom stereocenters. The van der Waals surface area contributed by atoms with Gasteiger partial charge in [-0.25, -0.2) is 0 Å². The van der Waals surface area contributed by atoms with Crippen LogP contribution < -0.4 is 10.6 Å². The number of anilines is 1. The molecule has 1 aromatic carbocycles. The first kappa shape index (κ1) is 15.9. The number of methoxy groups -OCH3 is 1. The van der Waals surface area contributed by atoms with Gasteiger partial charge in [-0.2, -0.15) is 0 Å². The Hall–Kier alpha value is -0.110. The van der Waals surface area contributed by atoms with Gasteiger partial charge in [-0.1, -0.05) is 15.9 Å². The molecule has 0 bridgehead atoms. The van der Waals surface area contributed by atoms with E-state index in [0.717, 1.165) is 19.1 Å². The molecule has 0 aliphatic rings. The van der Waals surface area contributed by atoms with Crippen LogP contribution in [0.4, 0.5) is 5.69 Å². The predicted molar refractivity (Wildman–Crippen MR) is 82.9 cm³/mol. The number of halogens is 3. The number of amides is 1. The van der Waals surface area contributed by atoms with Gasteiger partial charge < -0.3 is 15.4 Å². The third-order valence-corrected chi connectivity index (χ3v) is 3.77. The first-order valence-electron chi connectivity index (χ1n) is 5.18. The van der Waals surface area contributed by atoms with Crippen molar-refractivity contribution in [1.29, 1.82) is 0 Å². The average molecular weight is 445 g/mol. The fourth-order valence-corrected chi connectivity index (χ4v) is 3.77. The van der Waals surface area contributed by atoms with E-state index in [-0.39, 0.29) is 12.5 Å². The highest BCUT2D eigenvalue weighted by Gasteiger charge is 2.08. The summed E-state index contributed by atoms with van der Waals surface area (Å²) in [5.41, 5.74) is 0.847. The lowest BCUT2D eigenvalue weighted by atomic mass is 10.3. The van der Waals surface area contributed by atoms with E-state index in [4.69, 9.17) is 4.74 Å². The van der Waals surface area contributed by atoms with Crippen LogP contribution in [0.1, 0.15) is 0 Å². The molecule has 0 aliphatic carbocycles. The monoisotopic (exact) mass is 442 g/mol. The number of carbonyl (C=O) groups is 1. The minimum atomic E-state index is -0.0752. The van der Waals surface area contributed by atoms with Crippen LogP contribution in [0.3, 0.4) is 0 Å². The van der Waals surface area contributed by atoms with E-state index in [1.807, 2.05) is 12.1 Å². The maximum atomic E-state index is 11.5. The van der Waals surface area contributed by atoms with E-state index in [0.29, 0.717) is 13.2 Å². The van der Waals surface area contributed by atoms with Crippen molar-refractivity contribution < 1.29 is 9.53 Å². The Morgan fingerprint density at radius 3 is 2.44 bits per heavy atom. The van der Waals surface area contributed by atoms with Gasteiger partial charge in [-0.05, 0) is 44.0 Å². The molecule has 0 radical (unpaired) electrons. The van der Waals surface area contributed by atoms with Crippen molar-refractivity contribution in [1.82, 2.24) is 5.32 Å². The summed E-state index contributed by atoms with van der Waals surface area (Å²) in [6, 6.07) is 3.83. The third kappa shape index (κ3) is 5.26. The molecule has 1 aromatic rings. The Balaban J connectivity index is 2.51. The van der Waals surface area contributed by atoms with E-state index in [1.54, 1.807) is 7.11 Å². The van der Waals surface area contributed by atoms with Gasteiger partial charge in [0.05, 0.1) is 18.8 Å². The topological polar surface area (TPSA) is 50.4 Å². The molecule has 0 fully saturated rings. The van der Waals surface area contributed by atoms with Crippen LogP contribution in [-0.4, -0.2) is 32.7 Å². The number of hydrogen-bond acceptors (Lipinski definition) is 3. The van der Waals surface area contributed by atoms with Crippen molar-refractivity contribution in [2.75, 3.05) is 32.1 Å². The second-order valence-electron chi connectivity index (χ2n) is 3.44. The Morgan fingerprint density at radius 2 is 1.89 bits per heavy atom. The van der Waals surface area contributed by atoms with Crippen molar-refractivity contribution in [3.63, 3.8) is 0 Å². The molecule has 0 aromatic heterocycles. The summed E-state index contributed by atoms with van der Waals surface area (Å²) in [6.07, 6.45) is 0. The molecule has 4 nitrogen and oxygen atoms in total. The van der Waals surface area contributed by atoms with Gasteiger partial charge in [0.25, 0.3) is 0 Å². The SMILES string of the molecule is COCCNC(=O)CNc1c(Br)cc(Br)cc1Br. The molecule has 100 valence electrons. The fourth-order valence-electron chi connectivity index (χ4n) is 1.23. The molecule has 0 heterocycles. The smallest absolute Gasteiger partial charge is 0.239 e. The summed E-state index contributed by atoms with van der Waals surface area (Å²) < 4.78 is 7.57. The molecule has 0 aliphatic heterocycles. The molecule has 0 spiro atoms. The Labute approximate surface area is 131 Å². The van der Waals surface area contributed by atoms with Crippen molar-refractivity contribution in [2.45, 2.75) is 0 Å². The standard InChI is InChI=1S/C11H13Br3N2O2/c1-18-3-2-15-10(17)6-16-11-8(13)4-7(12)5-9(11)14/h4-5,16H,2-3,6H2,1H3,(H,15,17). The molecule has 7 heteroatoms. The van der Waals surface area contributed by atoms with Gasteiger partial charge in [-0.3, -0.25) is 4.79 Å². The summed E-state index contributed by atoms with van der Waals surface area (Å²) in [4.78, 5) is 11.5. The Bertz CT molecular complexity index is 404. The number of hydrogen-bond donors (Lipinski definition) is 2. The highest BCUT2D eigenvalue weighted by Crippen LogP contribution is 2.34.